The standard InChI is InChI=1S/C11H18N4/c12-13-15-8-6-14(7-9-15)10-11-4-2-1-3-5-11/h1-5,13H,6-10,12H2. The van der Waals surface area contributed by atoms with Gasteiger partial charge in [-0.25, -0.2) is 5.01 Å². The first-order valence-corrected chi connectivity index (χ1v) is 5.36. The number of nitrogens with two attached hydrogens (primary N) is 1. The van der Waals surface area contributed by atoms with E-state index in [-0.39, 0.29) is 0 Å². The Morgan fingerprint density at radius 1 is 1.07 bits per heavy atom. The number of hydrogen-bond donors (Lipinski definition) is 2. The predicted molar refractivity (Wildman–Crippen MR) is 60.6 cm³/mol. The van der Waals surface area contributed by atoms with E-state index in [1.54, 1.807) is 0 Å². The molecule has 0 radical (unpaired) electrons. The van der Waals surface area contributed by atoms with Crippen molar-refractivity contribution in [1.29, 1.82) is 0 Å². The first-order valence-electron chi connectivity index (χ1n) is 5.36. The number of nitrogens with one attached hydrogen (secondary N) is 1. The normalized spacial score (nSPS) is 19.3. The van der Waals surface area contributed by atoms with Crippen molar-refractivity contribution in [2.45, 2.75) is 6.54 Å². The van der Waals surface area contributed by atoms with Crippen LogP contribution < -0.4 is 11.4 Å². The summed E-state index contributed by atoms with van der Waals surface area (Å²) >= 11 is 0. The molecule has 1 aliphatic rings. The van der Waals surface area contributed by atoms with E-state index in [0.29, 0.717) is 0 Å². The largest absolute Gasteiger partial charge is 0.296 e. The smallest absolute Gasteiger partial charge is 0.0272 e. The fraction of sp³-hybridized carbons (Fsp3) is 0.455. The lowest BCUT2D eigenvalue weighted by Gasteiger charge is -2.33. The van der Waals surface area contributed by atoms with Crippen molar-refractivity contribution in [1.82, 2.24) is 15.4 Å². The van der Waals surface area contributed by atoms with Crippen LogP contribution in [0.3, 0.4) is 0 Å². The molecule has 1 saturated heterocycles. The highest BCUT2D eigenvalue weighted by Crippen LogP contribution is 2.06. The third-order valence-corrected chi connectivity index (χ3v) is 2.80. The van der Waals surface area contributed by atoms with Gasteiger partial charge in [0.25, 0.3) is 0 Å². The summed E-state index contributed by atoms with van der Waals surface area (Å²) in [5.74, 6) is 5.36. The number of benzene rings is 1. The van der Waals surface area contributed by atoms with Crippen LogP contribution in [-0.2, 0) is 6.54 Å². The second-order valence-corrected chi connectivity index (χ2v) is 3.88. The molecule has 4 heteroatoms. The van der Waals surface area contributed by atoms with Crippen LogP contribution in [0.4, 0.5) is 0 Å². The SMILES string of the molecule is NNN1CCN(Cc2ccccc2)CC1. The van der Waals surface area contributed by atoms with Crippen molar-refractivity contribution in [3.05, 3.63) is 35.9 Å². The molecule has 15 heavy (non-hydrogen) atoms. The van der Waals surface area contributed by atoms with Gasteiger partial charge >= 0.3 is 0 Å². The predicted octanol–water partition coefficient (Wildman–Crippen LogP) is 0.183. The summed E-state index contributed by atoms with van der Waals surface area (Å²) in [6, 6.07) is 10.6. The lowest BCUT2D eigenvalue weighted by Crippen LogP contribution is -2.53. The van der Waals surface area contributed by atoms with Crippen molar-refractivity contribution in [2.24, 2.45) is 5.84 Å². The second-order valence-electron chi connectivity index (χ2n) is 3.88. The van der Waals surface area contributed by atoms with Gasteiger partial charge in [0.05, 0.1) is 0 Å². The molecule has 0 amide bonds. The van der Waals surface area contributed by atoms with Crippen molar-refractivity contribution >= 4 is 0 Å². The van der Waals surface area contributed by atoms with E-state index in [1.165, 1.54) is 5.56 Å². The van der Waals surface area contributed by atoms with Crippen molar-refractivity contribution in [3.63, 3.8) is 0 Å². The van der Waals surface area contributed by atoms with Crippen LogP contribution in [0, 0.1) is 0 Å². The molecular formula is C11H18N4. The van der Waals surface area contributed by atoms with Crippen LogP contribution in [0.5, 0.6) is 0 Å². The monoisotopic (exact) mass is 206 g/mol. The van der Waals surface area contributed by atoms with Gasteiger partial charge < -0.3 is 0 Å². The molecule has 0 saturated carbocycles. The molecule has 1 aromatic carbocycles. The highest BCUT2D eigenvalue weighted by atomic mass is 15.6. The Hall–Kier alpha value is -0.940. The van der Waals surface area contributed by atoms with E-state index in [2.05, 4.69) is 40.8 Å². The van der Waals surface area contributed by atoms with Crippen LogP contribution in [0.15, 0.2) is 30.3 Å². The zero-order valence-electron chi connectivity index (χ0n) is 8.89. The fourth-order valence-electron chi connectivity index (χ4n) is 1.88. The van der Waals surface area contributed by atoms with E-state index < -0.39 is 0 Å². The first-order chi connectivity index (χ1) is 7.38. The van der Waals surface area contributed by atoms with E-state index in [0.717, 1.165) is 32.7 Å². The Labute approximate surface area is 90.6 Å². The Kier molecular flexibility index (Phi) is 3.69. The van der Waals surface area contributed by atoms with Gasteiger partial charge in [0.1, 0.15) is 0 Å². The van der Waals surface area contributed by atoms with E-state index in [9.17, 15) is 0 Å². The third kappa shape index (κ3) is 3.00. The molecule has 2 rings (SSSR count). The lowest BCUT2D eigenvalue weighted by atomic mass is 10.2. The molecule has 3 N–H and O–H groups in total. The number of piperazine rings is 1. The minimum atomic E-state index is 0.989. The maximum atomic E-state index is 5.36. The molecule has 1 fully saturated rings. The summed E-state index contributed by atoms with van der Waals surface area (Å²) in [6.45, 7) is 5.16. The minimum absolute atomic E-state index is 0.989. The zero-order valence-corrected chi connectivity index (χ0v) is 8.89. The number of hydrogen-bond acceptors (Lipinski definition) is 4. The molecule has 0 bridgehead atoms. The van der Waals surface area contributed by atoms with Crippen molar-refractivity contribution in [2.75, 3.05) is 26.2 Å². The van der Waals surface area contributed by atoms with Gasteiger partial charge in [0, 0.05) is 32.7 Å². The van der Waals surface area contributed by atoms with E-state index in [4.69, 9.17) is 5.84 Å². The average Bonchev–Trinajstić information content (AvgIpc) is 2.31. The molecule has 0 aliphatic carbocycles. The maximum absolute atomic E-state index is 5.36. The number of hydrazine groups is 2. The molecule has 1 aliphatic heterocycles. The van der Waals surface area contributed by atoms with Gasteiger partial charge in [-0.1, -0.05) is 30.3 Å². The molecule has 0 unspecified atom stereocenters. The van der Waals surface area contributed by atoms with Gasteiger partial charge in [0.15, 0.2) is 0 Å². The second kappa shape index (κ2) is 5.23. The highest BCUT2D eigenvalue weighted by molar-refractivity contribution is 5.14. The molecule has 4 nitrogen and oxygen atoms in total. The van der Waals surface area contributed by atoms with Crippen LogP contribution in [0.2, 0.25) is 0 Å². The number of rotatable bonds is 3. The highest BCUT2D eigenvalue weighted by Gasteiger charge is 2.15. The summed E-state index contributed by atoms with van der Waals surface area (Å²) in [6.07, 6.45) is 0. The quantitative estimate of drug-likeness (QED) is 0.547. The summed E-state index contributed by atoms with van der Waals surface area (Å²) in [5.41, 5.74) is 4.08. The number of nitrogens with zero attached hydrogens (tertiary/aromatic N) is 2. The minimum Gasteiger partial charge on any atom is -0.296 e. The van der Waals surface area contributed by atoms with Crippen LogP contribution in [0.25, 0.3) is 0 Å². The molecule has 0 spiro atoms. The fourth-order valence-corrected chi connectivity index (χ4v) is 1.88. The summed E-state index contributed by atoms with van der Waals surface area (Å²) in [5, 5.41) is 2.04. The van der Waals surface area contributed by atoms with Crippen LogP contribution >= 0.6 is 0 Å². The Morgan fingerprint density at radius 2 is 1.73 bits per heavy atom. The van der Waals surface area contributed by atoms with Crippen LogP contribution in [-0.4, -0.2) is 36.1 Å². The van der Waals surface area contributed by atoms with E-state index >= 15 is 0 Å². The van der Waals surface area contributed by atoms with Gasteiger partial charge in [0.2, 0.25) is 0 Å². The molecular weight excluding hydrogens is 188 g/mol. The Bertz CT molecular complexity index is 280. The average molecular weight is 206 g/mol. The molecule has 1 heterocycles. The lowest BCUT2D eigenvalue weighted by molar-refractivity contribution is 0.0860. The maximum Gasteiger partial charge on any atom is 0.0272 e. The zero-order chi connectivity index (χ0) is 10.5. The molecule has 0 aromatic heterocycles. The van der Waals surface area contributed by atoms with Crippen molar-refractivity contribution < 1.29 is 0 Å². The summed E-state index contributed by atoms with van der Waals surface area (Å²) in [4.78, 5) is 2.45. The Morgan fingerprint density at radius 3 is 2.33 bits per heavy atom. The molecule has 1 aromatic rings. The summed E-state index contributed by atoms with van der Waals surface area (Å²) in [7, 11) is 0. The first kappa shape index (κ1) is 10.6. The summed E-state index contributed by atoms with van der Waals surface area (Å²) < 4.78 is 0. The van der Waals surface area contributed by atoms with Gasteiger partial charge in [-0.3, -0.25) is 10.7 Å². The topological polar surface area (TPSA) is 44.5 Å². The molecule has 0 atom stereocenters. The van der Waals surface area contributed by atoms with Crippen molar-refractivity contribution in [3.8, 4) is 0 Å². The van der Waals surface area contributed by atoms with E-state index in [1.807, 2.05) is 5.01 Å². The molecule has 82 valence electrons. The van der Waals surface area contributed by atoms with Gasteiger partial charge in [-0.05, 0) is 5.56 Å². The van der Waals surface area contributed by atoms with Gasteiger partial charge in [-0.15, -0.1) is 0 Å². The van der Waals surface area contributed by atoms with Gasteiger partial charge in [-0.2, -0.15) is 5.53 Å². The Balaban J connectivity index is 1.82. The third-order valence-electron chi connectivity index (χ3n) is 2.80. The van der Waals surface area contributed by atoms with Crippen LogP contribution in [0.1, 0.15) is 5.56 Å².